The molecule has 2 aliphatic rings. The Morgan fingerprint density at radius 2 is 1.67 bits per heavy atom. The van der Waals surface area contributed by atoms with Crippen LogP contribution in [-0.2, 0) is 0 Å². The average molecular weight is 619 g/mol. The first-order valence-electron chi connectivity index (χ1n) is 15.2. The normalized spacial score (nSPS) is 16.7. The van der Waals surface area contributed by atoms with Crippen LogP contribution in [0.4, 0.5) is 35.0 Å². The minimum atomic E-state index is -4.90. The molecule has 0 unspecified atom stereocenters. The van der Waals surface area contributed by atoms with Gasteiger partial charge in [0.1, 0.15) is 11.2 Å². The molecule has 0 spiro atoms. The van der Waals surface area contributed by atoms with Crippen LogP contribution in [0.1, 0.15) is 32.1 Å². The van der Waals surface area contributed by atoms with Gasteiger partial charge in [-0.05, 0) is 75.2 Å². The molecule has 2 aliphatic heterocycles. The molecule has 45 heavy (non-hydrogen) atoms. The van der Waals surface area contributed by atoms with Crippen molar-refractivity contribution in [2.24, 2.45) is 0 Å². The molecule has 4 N–H and O–H groups in total. The maximum atomic E-state index is 12.8. The number of anilines is 3. The fourth-order valence-electron chi connectivity index (χ4n) is 6.46. The van der Waals surface area contributed by atoms with Gasteiger partial charge in [-0.25, -0.2) is 9.78 Å². The standard InChI is InChI=1S/C32H33F3N8O2/c33-32(34,35)45-27-10-3-2-8-24(27)38-31(44)39-25-9-6-7-22-28(25)40-41-29(22)30-36-23-12-11-21(19-26(23)37-30)43-17-13-20(14-18-43)42-15-4-1-5-16-42/h2-3,6-12,19-20H,1,4-5,13-18H2,(H,36,37)(H,40,41)(H2,38,39,44). The minimum absolute atomic E-state index is 0.129. The second-order valence-corrected chi connectivity index (χ2v) is 11.5. The number of para-hydroxylation sites is 3. The molecule has 3 aromatic carbocycles. The van der Waals surface area contributed by atoms with Gasteiger partial charge < -0.3 is 30.2 Å². The molecule has 2 aromatic heterocycles. The van der Waals surface area contributed by atoms with Crippen molar-refractivity contribution in [3.8, 4) is 17.3 Å². The van der Waals surface area contributed by atoms with Crippen molar-refractivity contribution in [2.45, 2.75) is 44.5 Å². The maximum Gasteiger partial charge on any atom is 0.573 e. The van der Waals surface area contributed by atoms with Crippen molar-refractivity contribution in [3.05, 3.63) is 60.7 Å². The summed E-state index contributed by atoms with van der Waals surface area (Å²) in [7, 11) is 0. The second-order valence-electron chi connectivity index (χ2n) is 11.5. The summed E-state index contributed by atoms with van der Waals surface area (Å²) >= 11 is 0. The van der Waals surface area contributed by atoms with Crippen LogP contribution < -0.4 is 20.3 Å². The number of aromatic amines is 2. The highest BCUT2D eigenvalue weighted by molar-refractivity contribution is 6.07. The summed E-state index contributed by atoms with van der Waals surface area (Å²) in [6.07, 6.45) is 1.44. The van der Waals surface area contributed by atoms with Crippen molar-refractivity contribution < 1.29 is 22.7 Å². The number of hydrogen-bond donors (Lipinski definition) is 4. The van der Waals surface area contributed by atoms with Gasteiger partial charge in [0.2, 0.25) is 0 Å². The van der Waals surface area contributed by atoms with Crippen LogP contribution in [0.25, 0.3) is 33.5 Å². The monoisotopic (exact) mass is 618 g/mol. The summed E-state index contributed by atoms with van der Waals surface area (Å²) < 4.78 is 42.4. The molecular formula is C32H33F3N8O2. The van der Waals surface area contributed by atoms with Gasteiger partial charge in [0.05, 0.1) is 22.4 Å². The fraction of sp³-hybridized carbons (Fsp3) is 0.344. The number of piperidine rings is 2. The number of alkyl halides is 3. The Kier molecular flexibility index (Phi) is 7.70. The molecule has 2 amide bonds. The Labute approximate surface area is 256 Å². The first-order chi connectivity index (χ1) is 21.8. The molecule has 2 saturated heterocycles. The fourth-order valence-corrected chi connectivity index (χ4v) is 6.46. The molecular weight excluding hydrogens is 585 g/mol. The number of likely N-dealkylation sites (tertiary alicyclic amines) is 1. The molecule has 5 aromatic rings. The minimum Gasteiger partial charge on any atom is -0.404 e. The zero-order valence-corrected chi connectivity index (χ0v) is 24.5. The predicted octanol–water partition coefficient (Wildman–Crippen LogP) is 7.10. The number of benzene rings is 3. The number of aromatic nitrogens is 4. The van der Waals surface area contributed by atoms with E-state index in [1.54, 1.807) is 12.1 Å². The molecule has 13 heteroatoms. The first-order valence-corrected chi connectivity index (χ1v) is 15.2. The van der Waals surface area contributed by atoms with Crippen LogP contribution in [-0.4, -0.2) is 69.7 Å². The molecule has 0 radical (unpaired) electrons. The van der Waals surface area contributed by atoms with E-state index in [1.807, 2.05) is 12.1 Å². The van der Waals surface area contributed by atoms with Crippen LogP contribution >= 0.6 is 0 Å². The van der Waals surface area contributed by atoms with E-state index in [9.17, 15) is 18.0 Å². The Morgan fingerprint density at radius 3 is 2.47 bits per heavy atom. The van der Waals surface area contributed by atoms with Crippen LogP contribution in [0.2, 0.25) is 0 Å². The maximum absolute atomic E-state index is 12.8. The number of halogens is 3. The summed E-state index contributed by atoms with van der Waals surface area (Å²) in [5.74, 6) is 0.0867. The molecule has 0 aliphatic carbocycles. The van der Waals surface area contributed by atoms with Gasteiger partial charge in [0.15, 0.2) is 11.6 Å². The number of carbonyl (C=O) groups is 1. The Balaban J connectivity index is 1.06. The molecule has 0 bridgehead atoms. The highest BCUT2D eigenvalue weighted by atomic mass is 19.4. The number of carbonyl (C=O) groups excluding carboxylic acids is 1. The van der Waals surface area contributed by atoms with E-state index in [4.69, 9.17) is 4.98 Å². The number of H-pyrrole nitrogens is 2. The van der Waals surface area contributed by atoms with E-state index >= 15 is 0 Å². The van der Waals surface area contributed by atoms with E-state index in [0.717, 1.165) is 30.2 Å². The summed E-state index contributed by atoms with van der Waals surface area (Å²) in [6, 6.07) is 16.8. The lowest BCUT2D eigenvalue weighted by atomic mass is 9.99. The molecule has 7 rings (SSSR count). The van der Waals surface area contributed by atoms with Crippen LogP contribution in [0.5, 0.6) is 5.75 Å². The van der Waals surface area contributed by atoms with Gasteiger partial charge in [-0.3, -0.25) is 5.10 Å². The highest BCUT2D eigenvalue weighted by Gasteiger charge is 2.32. The number of imidazole rings is 1. The van der Waals surface area contributed by atoms with E-state index in [0.29, 0.717) is 34.2 Å². The predicted molar refractivity (Wildman–Crippen MR) is 168 cm³/mol. The number of rotatable bonds is 6. The molecule has 0 saturated carbocycles. The Bertz CT molecular complexity index is 1820. The highest BCUT2D eigenvalue weighted by Crippen LogP contribution is 2.33. The van der Waals surface area contributed by atoms with Gasteiger partial charge >= 0.3 is 12.4 Å². The summed E-state index contributed by atoms with van der Waals surface area (Å²) in [6.45, 7) is 4.53. The van der Waals surface area contributed by atoms with Gasteiger partial charge in [-0.15, -0.1) is 13.2 Å². The van der Waals surface area contributed by atoms with Gasteiger partial charge in [-0.1, -0.05) is 30.7 Å². The smallest absolute Gasteiger partial charge is 0.404 e. The van der Waals surface area contributed by atoms with Crippen LogP contribution in [0.15, 0.2) is 60.7 Å². The summed E-state index contributed by atoms with van der Waals surface area (Å²) in [5, 5.41) is 13.2. The largest absolute Gasteiger partial charge is 0.573 e. The zero-order valence-electron chi connectivity index (χ0n) is 24.5. The first kappa shape index (κ1) is 29.0. The lowest BCUT2D eigenvalue weighted by Gasteiger charge is -2.41. The number of nitrogens with zero attached hydrogens (tertiary/aromatic N) is 4. The van der Waals surface area contributed by atoms with E-state index in [2.05, 4.69) is 52.5 Å². The van der Waals surface area contributed by atoms with Crippen molar-refractivity contribution >= 4 is 45.0 Å². The third-order valence-corrected chi connectivity index (χ3v) is 8.63. The van der Waals surface area contributed by atoms with Crippen molar-refractivity contribution in [2.75, 3.05) is 41.7 Å². The number of fused-ring (bicyclic) bond motifs is 2. The Morgan fingerprint density at radius 1 is 0.911 bits per heavy atom. The van der Waals surface area contributed by atoms with Crippen molar-refractivity contribution in [1.82, 2.24) is 25.1 Å². The number of nitrogens with one attached hydrogen (secondary N) is 4. The molecule has 4 heterocycles. The third-order valence-electron chi connectivity index (χ3n) is 8.63. The number of amides is 2. The zero-order chi connectivity index (χ0) is 31.0. The quantitative estimate of drug-likeness (QED) is 0.161. The molecule has 2 fully saturated rings. The number of hydrogen-bond acceptors (Lipinski definition) is 6. The average Bonchev–Trinajstić information content (AvgIpc) is 3.66. The van der Waals surface area contributed by atoms with E-state index < -0.39 is 18.1 Å². The third kappa shape index (κ3) is 6.25. The Hall–Kier alpha value is -4.78. The number of urea groups is 1. The van der Waals surface area contributed by atoms with Gasteiger partial charge in [0, 0.05) is 30.2 Å². The van der Waals surface area contributed by atoms with Crippen molar-refractivity contribution in [3.63, 3.8) is 0 Å². The number of ether oxygens (including phenoxy) is 1. The van der Waals surface area contributed by atoms with E-state index in [-0.39, 0.29) is 5.69 Å². The SMILES string of the molecule is O=C(Nc1ccccc1OC(F)(F)F)Nc1cccc2c(-c3nc4ccc(N5CCC(N6CCCCC6)CC5)cc4[nH]3)[nH]nc12. The lowest BCUT2D eigenvalue weighted by molar-refractivity contribution is -0.274. The summed E-state index contributed by atoms with van der Waals surface area (Å²) in [4.78, 5) is 26.1. The molecule has 234 valence electrons. The second kappa shape index (κ2) is 12.0. The molecule has 0 atom stereocenters. The summed E-state index contributed by atoms with van der Waals surface area (Å²) in [5.41, 5.74) is 4.27. The van der Waals surface area contributed by atoms with E-state index in [1.165, 1.54) is 69.1 Å². The van der Waals surface area contributed by atoms with Gasteiger partial charge in [0.25, 0.3) is 0 Å². The van der Waals surface area contributed by atoms with Crippen LogP contribution in [0, 0.1) is 0 Å². The van der Waals surface area contributed by atoms with Gasteiger partial charge in [-0.2, -0.15) is 5.10 Å². The topological polar surface area (TPSA) is 114 Å². The lowest BCUT2D eigenvalue weighted by Crippen LogP contribution is -2.46. The van der Waals surface area contributed by atoms with Crippen LogP contribution in [0.3, 0.4) is 0 Å². The molecule has 10 nitrogen and oxygen atoms in total. The van der Waals surface area contributed by atoms with Crippen molar-refractivity contribution in [1.29, 1.82) is 0 Å².